The molecule has 0 fully saturated rings. The maximum absolute atomic E-state index is 13.0. The average molecular weight is 466 g/mol. The van der Waals surface area contributed by atoms with Crippen LogP contribution in [0.25, 0.3) is 0 Å². The molecule has 3 N–H and O–H groups in total. The Balaban J connectivity index is 1.70. The minimum absolute atomic E-state index is 0.128. The second-order valence-corrected chi connectivity index (χ2v) is 7.42. The predicted octanol–water partition coefficient (Wildman–Crippen LogP) is 2.46. The Bertz CT molecular complexity index is 1440. The third-order valence-corrected chi connectivity index (χ3v) is 4.95. The summed E-state index contributed by atoms with van der Waals surface area (Å²) in [6.07, 6.45) is 2.81. The van der Waals surface area contributed by atoms with Crippen LogP contribution in [0.3, 0.4) is 0 Å². The summed E-state index contributed by atoms with van der Waals surface area (Å²) in [7, 11) is 0. The van der Waals surface area contributed by atoms with E-state index >= 15 is 0 Å². The summed E-state index contributed by atoms with van der Waals surface area (Å²) < 4.78 is 8.14. The molecule has 0 aliphatic carbocycles. The molecular weight excluding hydrogens is 446 g/mol. The van der Waals surface area contributed by atoms with E-state index in [9.17, 15) is 9.59 Å². The van der Waals surface area contributed by atoms with Crippen LogP contribution >= 0.6 is 11.6 Å². The highest BCUT2D eigenvalue weighted by Crippen LogP contribution is 2.22. The molecule has 0 saturated carbocycles. The number of nitrogens with zero attached hydrogens (tertiary/aromatic N) is 5. The van der Waals surface area contributed by atoms with E-state index in [-0.39, 0.29) is 18.7 Å². The van der Waals surface area contributed by atoms with Crippen molar-refractivity contribution < 1.29 is 4.74 Å². The van der Waals surface area contributed by atoms with Crippen molar-refractivity contribution in [2.45, 2.75) is 20.0 Å². The van der Waals surface area contributed by atoms with Crippen molar-refractivity contribution in [3.8, 4) is 11.6 Å². The van der Waals surface area contributed by atoms with E-state index in [0.717, 1.165) is 10.1 Å². The highest BCUT2D eigenvalue weighted by Gasteiger charge is 2.09. The number of rotatable bonds is 6. The first kappa shape index (κ1) is 22.0. The van der Waals surface area contributed by atoms with Crippen molar-refractivity contribution >= 4 is 23.1 Å². The van der Waals surface area contributed by atoms with Crippen LogP contribution in [0.1, 0.15) is 12.5 Å². The summed E-state index contributed by atoms with van der Waals surface area (Å²) in [6.45, 7) is 2.17. The molecule has 11 heteroatoms. The van der Waals surface area contributed by atoms with Crippen LogP contribution in [0.5, 0.6) is 11.6 Å². The number of hydrogen-bond acceptors (Lipinski definition) is 7. The fourth-order valence-electron chi connectivity index (χ4n) is 3.05. The fraction of sp³-hybridized carbons (Fsp3) is 0.136. The molecule has 0 spiro atoms. The predicted molar refractivity (Wildman–Crippen MR) is 124 cm³/mol. The molecule has 0 amide bonds. The number of nitrogens with two attached hydrogens (primary N) is 1. The number of halogens is 1. The van der Waals surface area contributed by atoms with Gasteiger partial charge in [-0.25, -0.2) is 29.1 Å². The molecule has 33 heavy (non-hydrogen) atoms. The van der Waals surface area contributed by atoms with Gasteiger partial charge in [-0.15, -0.1) is 0 Å². The molecule has 0 unspecified atom stereocenters. The first-order valence-corrected chi connectivity index (χ1v) is 10.4. The van der Waals surface area contributed by atoms with Gasteiger partial charge in [0.1, 0.15) is 11.6 Å². The number of nitrogen functional groups attached to an aromatic ring is 1. The molecule has 2 heterocycles. The largest absolute Gasteiger partial charge is 0.438 e. The molecule has 10 nitrogen and oxygen atoms in total. The quantitative estimate of drug-likeness (QED) is 0.449. The topological polar surface area (TPSA) is 133 Å². The molecule has 168 valence electrons. The first-order valence-electron chi connectivity index (χ1n) is 10.0. The van der Waals surface area contributed by atoms with Gasteiger partial charge in [-0.05, 0) is 48.9 Å². The second-order valence-electron chi connectivity index (χ2n) is 6.98. The first-order chi connectivity index (χ1) is 15.9. The number of benzene rings is 2. The zero-order valence-electron chi connectivity index (χ0n) is 17.6. The average Bonchev–Trinajstić information content (AvgIpc) is 2.81. The smallest absolute Gasteiger partial charge is 0.335 e. The Hall–Kier alpha value is -4.18. The van der Waals surface area contributed by atoms with Gasteiger partial charge >= 0.3 is 11.4 Å². The van der Waals surface area contributed by atoms with Crippen LogP contribution in [0.2, 0.25) is 5.02 Å². The van der Waals surface area contributed by atoms with E-state index in [1.807, 2.05) is 12.1 Å². The Labute approximate surface area is 192 Å². The summed E-state index contributed by atoms with van der Waals surface area (Å²) in [4.78, 5) is 40.5. The second kappa shape index (κ2) is 9.53. The monoisotopic (exact) mass is 465 g/mol. The third-order valence-electron chi connectivity index (χ3n) is 4.69. The van der Waals surface area contributed by atoms with E-state index in [1.165, 1.54) is 17.0 Å². The standard InChI is InChI=1S/C22H20ClN7O3/c1-2-29-21(31)28-20(30(22(29)32)13-14-3-5-15(23)6-4-14)27-16-7-9-17(10-8-16)33-19-12-25-18(24)11-26-19/h3-12H,2,13H2,1H3,(H2,24,25)(H,27,28,31). The molecular formula is C22H20ClN7O3. The van der Waals surface area contributed by atoms with Gasteiger partial charge in [0.2, 0.25) is 11.5 Å². The normalized spacial score (nSPS) is 11.5. The van der Waals surface area contributed by atoms with Gasteiger partial charge in [0.15, 0.2) is 0 Å². The van der Waals surface area contributed by atoms with Crippen LogP contribution in [0, 0.1) is 0 Å². The molecule has 0 bridgehead atoms. The fourth-order valence-corrected chi connectivity index (χ4v) is 3.17. The van der Waals surface area contributed by atoms with E-state index in [1.54, 1.807) is 43.3 Å². The number of H-pyrrole nitrogens is 1. The Kier molecular flexibility index (Phi) is 6.36. The van der Waals surface area contributed by atoms with E-state index in [0.29, 0.717) is 28.2 Å². The highest BCUT2D eigenvalue weighted by atomic mass is 35.5. The highest BCUT2D eigenvalue weighted by molar-refractivity contribution is 6.30. The van der Waals surface area contributed by atoms with Crippen molar-refractivity contribution in [1.82, 2.24) is 24.1 Å². The third kappa shape index (κ3) is 5.18. The van der Waals surface area contributed by atoms with Gasteiger partial charge in [0.05, 0.1) is 24.6 Å². The molecule has 0 radical (unpaired) electrons. The van der Waals surface area contributed by atoms with Gasteiger partial charge < -0.3 is 10.5 Å². The van der Waals surface area contributed by atoms with Gasteiger partial charge in [-0.3, -0.25) is 9.55 Å². The molecule has 4 aromatic rings. The van der Waals surface area contributed by atoms with Crippen LogP contribution in [-0.4, -0.2) is 24.1 Å². The number of aromatic nitrogens is 5. The Morgan fingerprint density at radius 1 is 1.03 bits per heavy atom. The summed E-state index contributed by atoms with van der Waals surface area (Å²) in [5.41, 5.74) is 6.00. The Morgan fingerprint density at radius 3 is 2.39 bits per heavy atom. The lowest BCUT2D eigenvalue weighted by Gasteiger charge is -2.10. The zero-order chi connectivity index (χ0) is 23.4. The minimum Gasteiger partial charge on any atom is -0.438 e. The lowest BCUT2D eigenvalue weighted by Crippen LogP contribution is -2.49. The summed E-state index contributed by atoms with van der Waals surface area (Å²) in [6, 6.07) is 13.9. The number of anilines is 1. The Morgan fingerprint density at radius 2 is 1.76 bits per heavy atom. The van der Waals surface area contributed by atoms with Crippen LogP contribution < -0.4 is 27.5 Å². The number of nitrogens with one attached hydrogen (secondary N) is 1. The maximum Gasteiger partial charge on any atom is 0.335 e. The van der Waals surface area contributed by atoms with E-state index in [2.05, 4.69) is 19.9 Å². The van der Waals surface area contributed by atoms with E-state index in [4.69, 9.17) is 22.1 Å². The molecule has 2 aromatic heterocycles. The van der Waals surface area contributed by atoms with Gasteiger partial charge in [-0.2, -0.15) is 0 Å². The zero-order valence-corrected chi connectivity index (χ0v) is 18.4. The van der Waals surface area contributed by atoms with Crippen molar-refractivity contribution in [1.29, 1.82) is 0 Å². The van der Waals surface area contributed by atoms with Gasteiger partial charge in [-0.1, -0.05) is 23.7 Å². The number of ether oxygens (including phenoxy) is 1. The summed E-state index contributed by atoms with van der Waals surface area (Å²) in [5.74, 6) is 1.10. The van der Waals surface area contributed by atoms with Crippen molar-refractivity contribution in [3.63, 3.8) is 0 Å². The van der Waals surface area contributed by atoms with Gasteiger partial charge in [0, 0.05) is 11.6 Å². The minimum atomic E-state index is -0.532. The lowest BCUT2D eigenvalue weighted by molar-refractivity contribution is 0.460. The number of aromatic amines is 1. The molecule has 0 aliphatic heterocycles. The van der Waals surface area contributed by atoms with Crippen molar-refractivity contribution in [2.24, 2.45) is 4.99 Å². The summed E-state index contributed by atoms with van der Waals surface area (Å²) in [5, 5.41) is 0.591. The maximum atomic E-state index is 13.0. The molecule has 0 saturated heterocycles. The summed E-state index contributed by atoms with van der Waals surface area (Å²) >= 11 is 5.96. The van der Waals surface area contributed by atoms with Crippen LogP contribution in [0.15, 0.2) is 75.5 Å². The van der Waals surface area contributed by atoms with Gasteiger partial charge in [0.25, 0.3) is 0 Å². The molecule has 0 aliphatic rings. The van der Waals surface area contributed by atoms with Crippen LogP contribution in [-0.2, 0) is 13.1 Å². The number of hydrogen-bond donors (Lipinski definition) is 2. The lowest BCUT2D eigenvalue weighted by atomic mass is 10.2. The van der Waals surface area contributed by atoms with Crippen molar-refractivity contribution in [3.05, 3.63) is 98.1 Å². The molecule has 2 aromatic carbocycles. The van der Waals surface area contributed by atoms with E-state index < -0.39 is 11.4 Å². The SMILES string of the molecule is CCn1c(=O)[nH]/c(=N\c2ccc(Oc3cnc(N)cn3)cc2)n(Cc2ccc(Cl)cc2)c1=O. The molecule has 0 atom stereocenters. The molecule has 4 rings (SSSR count). The van der Waals surface area contributed by atoms with Crippen molar-refractivity contribution in [2.75, 3.05) is 5.73 Å². The van der Waals surface area contributed by atoms with Crippen LogP contribution in [0.4, 0.5) is 11.5 Å².